The molecule has 2 rings (SSSR count). The van der Waals surface area contributed by atoms with Gasteiger partial charge in [-0.05, 0) is 33.8 Å². The van der Waals surface area contributed by atoms with E-state index >= 15 is 0 Å². The fourth-order valence-electron chi connectivity index (χ4n) is 2.72. The van der Waals surface area contributed by atoms with E-state index in [1.807, 2.05) is 27.7 Å². The third kappa shape index (κ3) is 3.06. The summed E-state index contributed by atoms with van der Waals surface area (Å²) in [6.07, 6.45) is 1.49. The Morgan fingerprint density at radius 1 is 1.30 bits per heavy atom. The highest BCUT2D eigenvalue weighted by Crippen LogP contribution is 2.31. The summed E-state index contributed by atoms with van der Waals surface area (Å²) in [7, 11) is -3.53. The molecular formula is C13H23N3O3S. The minimum atomic E-state index is -3.53. The first-order chi connectivity index (χ1) is 9.06. The SMILES string of the molecule is CC1(C)CN(S(=O)(=O)c2c[nH]c(CN)c2)CC(C)(C)O1. The molecule has 1 fully saturated rings. The predicted octanol–water partition coefficient (Wildman–Crippen LogP) is 1.05. The molecule has 1 aliphatic rings. The van der Waals surface area contributed by atoms with Crippen molar-refractivity contribution in [1.29, 1.82) is 0 Å². The van der Waals surface area contributed by atoms with Gasteiger partial charge in [-0.25, -0.2) is 8.42 Å². The number of nitrogens with zero attached hydrogens (tertiary/aromatic N) is 1. The number of hydrogen-bond acceptors (Lipinski definition) is 4. The monoisotopic (exact) mass is 301 g/mol. The Morgan fingerprint density at radius 3 is 2.30 bits per heavy atom. The Balaban J connectivity index is 2.33. The lowest BCUT2D eigenvalue weighted by atomic mass is 10.0. The molecule has 0 saturated carbocycles. The highest BCUT2D eigenvalue weighted by Gasteiger charge is 2.43. The Kier molecular flexibility index (Phi) is 3.75. The van der Waals surface area contributed by atoms with Gasteiger partial charge in [0, 0.05) is 31.5 Å². The van der Waals surface area contributed by atoms with Crippen LogP contribution in [0.4, 0.5) is 0 Å². The molecular weight excluding hydrogens is 278 g/mol. The number of H-pyrrole nitrogens is 1. The molecule has 2 heterocycles. The molecule has 0 aliphatic carbocycles. The van der Waals surface area contributed by atoms with E-state index in [-0.39, 0.29) is 11.4 Å². The number of aromatic nitrogens is 1. The summed E-state index contributed by atoms with van der Waals surface area (Å²) in [4.78, 5) is 3.14. The molecule has 7 heteroatoms. The number of nitrogens with two attached hydrogens (primary N) is 1. The lowest BCUT2D eigenvalue weighted by molar-refractivity contribution is -0.163. The van der Waals surface area contributed by atoms with E-state index in [0.717, 1.165) is 0 Å². The normalized spacial score (nSPS) is 22.9. The van der Waals surface area contributed by atoms with E-state index in [0.29, 0.717) is 18.8 Å². The van der Waals surface area contributed by atoms with Crippen molar-refractivity contribution in [3.05, 3.63) is 18.0 Å². The summed E-state index contributed by atoms with van der Waals surface area (Å²) in [6.45, 7) is 8.56. The van der Waals surface area contributed by atoms with Crippen LogP contribution >= 0.6 is 0 Å². The Hall–Kier alpha value is -0.890. The summed E-state index contributed by atoms with van der Waals surface area (Å²) in [5.74, 6) is 0. The van der Waals surface area contributed by atoms with Crippen molar-refractivity contribution < 1.29 is 13.2 Å². The second-order valence-corrected chi connectivity index (χ2v) is 8.40. The van der Waals surface area contributed by atoms with Crippen molar-refractivity contribution in [3.8, 4) is 0 Å². The molecule has 114 valence electrons. The van der Waals surface area contributed by atoms with Crippen molar-refractivity contribution >= 4 is 10.0 Å². The zero-order chi connectivity index (χ0) is 15.2. The zero-order valence-electron chi connectivity index (χ0n) is 12.4. The molecule has 0 unspecified atom stereocenters. The summed E-state index contributed by atoms with van der Waals surface area (Å²) in [6, 6.07) is 1.59. The van der Waals surface area contributed by atoms with Gasteiger partial charge in [-0.3, -0.25) is 0 Å². The largest absolute Gasteiger partial charge is 0.367 e. The fourth-order valence-corrected chi connectivity index (χ4v) is 4.48. The maximum atomic E-state index is 12.7. The second-order valence-electron chi connectivity index (χ2n) is 6.46. The van der Waals surface area contributed by atoms with Crippen LogP contribution in [0.3, 0.4) is 0 Å². The maximum Gasteiger partial charge on any atom is 0.244 e. The lowest BCUT2D eigenvalue weighted by Gasteiger charge is -2.46. The molecule has 1 aromatic rings. The Labute approximate surface area is 120 Å². The summed E-state index contributed by atoms with van der Waals surface area (Å²) < 4.78 is 32.8. The molecule has 0 amide bonds. The molecule has 0 spiro atoms. The highest BCUT2D eigenvalue weighted by molar-refractivity contribution is 7.89. The maximum absolute atomic E-state index is 12.7. The molecule has 6 nitrogen and oxygen atoms in total. The predicted molar refractivity (Wildman–Crippen MR) is 76.7 cm³/mol. The Bertz CT molecular complexity index is 574. The summed E-state index contributed by atoms with van der Waals surface area (Å²) >= 11 is 0. The van der Waals surface area contributed by atoms with Crippen molar-refractivity contribution in [2.75, 3.05) is 13.1 Å². The van der Waals surface area contributed by atoms with E-state index in [2.05, 4.69) is 4.98 Å². The van der Waals surface area contributed by atoms with Gasteiger partial charge >= 0.3 is 0 Å². The molecule has 1 saturated heterocycles. The lowest BCUT2D eigenvalue weighted by Crippen LogP contribution is -2.58. The topological polar surface area (TPSA) is 88.4 Å². The zero-order valence-corrected chi connectivity index (χ0v) is 13.3. The molecule has 0 bridgehead atoms. The van der Waals surface area contributed by atoms with E-state index in [1.54, 1.807) is 6.07 Å². The molecule has 0 aromatic carbocycles. The van der Waals surface area contributed by atoms with E-state index in [9.17, 15) is 8.42 Å². The molecule has 1 aromatic heterocycles. The molecule has 1 aliphatic heterocycles. The quantitative estimate of drug-likeness (QED) is 0.873. The number of rotatable bonds is 3. The number of nitrogens with one attached hydrogen (secondary N) is 1. The van der Waals surface area contributed by atoms with Crippen molar-refractivity contribution in [1.82, 2.24) is 9.29 Å². The fraction of sp³-hybridized carbons (Fsp3) is 0.692. The van der Waals surface area contributed by atoms with Gasteiger partial charge in [0.05, 0.1) is 16.1 Å². The third-order valence-electron chi connectivity index (χ3n) is 3.24. The summed E-state index contributed by atoms with van der Waals surface area (Å²) in [5, 5.41) is 0. The smallest absolute Gasteiger partial charge is 0.244 e. The number of hydrogen-bond donors (Lipinski definition) is 2. The standard InChI is InChI=1S/C13H23N3O3S/c1-12(2)8-16(9-13(3,4)19-12)20(17,18)11-5-10(6-14)15-7-11/h5,7,15H,6,8-9,14H2,1-4H3. The van der Waals surface area contributed by atoms with Gasteiger partial charge < -0.3 is 15.5 Å². The minimum Gasteiger partial charge on any atom is -0.367 e. The van der Waals surface area contributed by atoms with Crippen LogP contribution in [-0.4, -0.2) is 42.0 Å². The average molecular weight is 301 g/mol. The minimum absolute atomic E-state index is 0.256. The van der Waals surface area contributed by atoms with Crippen LogP contribution in [0.2, 0.25) is 0 Å². The number of sulfonamides is 1. The van der Waals surface area contributed by atoms with E-state index < -0.39 is 21.2 Å². The van der Waals surface area contributed by atoms with E-state index in [1.165, 1.54) is 10.5 Å². The molecule has 0 atom stereocenters. The number of aromatic amines is 1. The van der Waals surface area contributed by atoms with Gasteiger partial charge in [-0.1, -0.05) is 0 Å². The van der Waals surface area contributed by atoms with Gasteiger partial charge in [-0.2, -0.15) is 4.31 Å². The first-order valence-corrected chi connectivity index (χ1v) is 8.07. The Morgan fingerprint density at radius 2 is 1.85 bits per heavy atom. The second kappa shape index (κ2) is 4.84. The van der Waals surface area contributed by atoms with Crippen LogP contribution in [0.15, 0.2) is 17.2 Å². The van der Waals surface area contributed by atoms with Gasteiger partial charge in [0.25, 0.3) is 0 Å². The molecule has 20 heavy (non-hydrogen) atoms. The number of ether oxygens (including phenoxy) is 1. The van der Waals surface area contributed by atoms with Gasteiger partial charge in [0.15, 0.2) is 0 Å². The van der Waals surface area contributed by atoms with E-state index in [4.69, 9.17) is 10.5 Å². The van der Waals surface area contributed by atoms with Crippen LogP contribution in [0.25, 0.3) is 0 Å². The van der Waals surface area contributed by atoms with Crippen LogP contribution in [0.1, 0.15) is 33.4 Å². The summed E-state index contributed by atoms with van der Waals surface area (Å²) in [5.41, 5.74) is 5.19. The highest BCUT2D eigenvalue weighted by atomic mass is 32.2. The van der Waals surface area contributed by atoms with Crippen LogP contribution in [-0.2, 0) is 21.3 Å². The first kappa shape index (κ1) is 15.5. The van der Waals surface area contributed by atoms with Crippen molar-refractivity contribution in [2.24, 2.45) is 5.73 Å². The number of morpholine rings is 1. The van der Waals surface area contributed by atoms with Crippen molar-refractivity contribution in [2.45, 2.75) is 50.3 Å². The molecule has 3 N–H and O–H groups in total. The van der Waals surface area contributed by atoms with Gasteiger partial charge in [0.2, 0.25) is 10.0 Å². The van der Waals surface area contributed by atoms with Gasteiger partial charge in [0.1, 0.15) is 0 Å². The molecule has 0 radical (unpaired) electrons. The van der Waals surface area contributed by atoms with Crippen LogP contribution in [0, 0.1) is 0 Å². The van der Waals surface area contributed by atoms with Crippen LogP contribution in [0.5, 0.6) is 0 Å². The average Bonchev–Trinajstić information content (AvgIpc) is 2.73. The first-order valence-electron chi connectivity index (χ1n) is 6.63. The third-order valence-corrected chi connectivity index (χ3v) is 5.01. The van der Waals surface area contributed by atoms with Crippen molar-refractivity contribution in [3.63, 3.8) is 0 Å². The van der Waals surface area contributed by atoms with Gasteiger partial charge in [-0.15, -0.1) is 0 Å². The van der Waals surface area contributed by atoms with Crippen LogP contribution < -0.4 is 5.73 Å².